The van der Waals surface area contributed by atoms with Gasteiger partial charge in [0, 0.05) is 41.9 Å². The first-order valence-electron chi connectivity index (χ1n) is 10.6. The van der Waals surface area contributed by atoms with Crippen molar-refractivity contribution in [3.05, 3.63) is 89.0 Å². The van der Waals surface area contributed by atoms with Gasteiger partial charge in [0.15, 0.2) is 11.6 Å². The Morgan fingerprint density at radius 1 is 1.19 bits per heavy atom. The molecule has 0 amide bonds. The van der Waals surface area contributed by atoms with Crippen molar-refractivity contribution in [1.82, 2.24) is 4.90 Å². The number of rotatable bonds is 6. The van der Waals surface area contributed by atoms with E-state index in [2.05, 4.69) is 0 Å². The lowest BCUT2D eigenvalue weighted by Crippen LogP contribution is -2.28. The average molecular weight is 419 g/mol. The number of methoxy groups -OCH3 is 1. The largest absolute Gasteiger partial charge is 0.497 e. The first kappa shape index (κ1) is 21.0. The summed E-state index contributed by atoms with van der Waals surface area (Å²) >= 11 is 0. The maximum Gasteiger partial charge on any atom is 0.166 e. The summed E-state index contributed by atoms with van der Waals surface area (Å²) < 4.78 is 18.4. The van der Waals surface area contributed by atoms with Gasteiger partial charge in [0.1, 0.15) is 11.6 Å². The lowest BCUT2D eigenvalue weighted by atomic mass is 9.76. The molecule has 0 saturated carbocycles. The Labute approximate surface area is 182 Å². The number of ether oxygens (including phenoxy) is 1. The van der Waals surface area contributed by atoms with E-state index in [4.69, 9.17) is 4.74 Å². The zero-order valence-corrected chi connectivity index (χ0v) is 17.8. The molecule has 0 spiro atoms. The van der Waals surface area contributed by atoms with E-state index in [1.54, 1.807) is 26.2 Å². The van der Waals surface area contributed by atoms with Gasteiger partial charge in [-0.15, -0.1) is 0 Å². The van der Waals surface area contributed by atoms with Gasteiger partial charge in [0.25, 0.3) is 0 Å². The number of nitrogens with zero attached hydrogens (tertiary/aromatic N) is 1. The highest BCUT2D eigenvalue weighted by molar-refractivity contribution is 6.00. The molecule has 5 heteroatoms. The number of Topliss-reactive ketones (excluding diaryl/α,β-unsaturated/α-hetero) is 2. The molecule has 0 N–H and O–H groups in total. The van der Waals surface area contributed by atoms with Crippen molar-refractivity contribution in [2.24, 2.45) is 11.8 Å². The Hall–Kier alpha value is -3.21. The molecule has 0 radical (unpaired) electrons. The molecule has 0 bridgehead atoms. The van der Waals surface area contributed by atoms with Crippen LogP contribution in [0.1, 0.15) is 41.3 Å². The highest BCUT2D eigenvalue weighted by Gasteiger charge is 2.32. The van der Waals surface area contributed by atoms with Crippen molar-refractivity contribution in [3.63, 3.8) is 0 Å². The number of fused-ring (bicyclic) bond motifs is 1. The Morgan fingerprint density at radius 2 is 1.97 bits per heavy atom. The minimum atomic E-state index is -0.268. The van der Waals surface area contributed by atoms with Gasteiger partial charge in [0.05, 0.1) is 7.11 Å². The van der Waals surface area contributed by atoms with Crippen LogP contribution < -0.4 is 4.74 Å². The maximum absolute atomic E-state index is 13.2. The lowest BCUT2D eigenvalue weighted by Gasteiger charge is -2.30. The molecule has 0 saturated heterocycles. The fourth-order valence-electron chi connectivity index (χ4n) is 4.45. The topological polar surface area (TPSA) is 46.6 Å². The molecule has 1 heterocycles. The van der Waals surface area contributed by atoms with Crippen LogP contribution in [0.3, 0.4) is 0 Å². The third kappa shape index (κ3) is 4.61. The molecule has 1 aliphatic carbocycles. The molecule has 0 aromatic heterocycles. The first-order chi connectivity index (χ1) is 14.9. The maximum atomic E-state index is 13.2. The second-order valence-electron chi connectivity index (χ2n) is 8.25. The summed E-state index contributed by atoms with van der Waals surface area (Å²) in [5, 5.41) is 0. The fraction of sp³-hybridized carbons (Fsp3) is 0.308. The molecule has 2 aromatic carbocycles. The van der Waals surface area contributed by atoms with Gasteiger partial charge in [-0.05, 0) is 67.6 Å². The summed E-state index contributed by atoms with van der Waals surface area (Å²) in [6.07, 6.45) is 8.05. The van der Waals surface area contributed by atoms with Gasteiger partial charge in [-0.1, -0.05) is 18.2 Å². The third-order valence-corrected chi connectivity index (χ3v) is 6.15. The smallest absolute Gasteiger partial charge is 0.166 e. The summed E-state index contributed by atoms with van der Waals surface area (Å²) in [7, 11) is 1.62. The van der Waals surface area contributed by atoms with Crippen LogP contribution in [0.2, 0.25) is 0 Å². The molecular formula is C26H26FNO3. The third-order valence-electron chi connectivity index (χ3n) is 6.15. The lowest BCUT2D eigenvalue weighted by molar-refractivity contribution is -0.114. The summed E-state index contributed by atoms with van der Waals surface area (Å²) in [6.45, 7) is 2.12. The number of carbonyl (C=O) groups excluding carboxylic acids is 2. The second-order valence-corrected chi connectivity index (χ2v) is 8.25. The number of allylic oxidation sites excluding steroid dienone is 2. The van der Waals surface area contributed by atoms with E-state index >= 15 is 0 Å². The monoisotopic (exact) mass is 419 g/mol. The number of carbonyl (C=O) groups is 2. The van der Waals surface area contributed by atoms with Crippen LogP contribution in [0.15, 0.2) is 66.5 Å². The van der Waals surface area contributed by atoms with E-state index in [1.807, 2.05) is 41.6 Å². The number of ketones is 2. The van der Waals surface area contributed by atoms with Crippen LogP contribution in [-0.4, -0.2) is 23.6 Å². The normalized spacial score (nSPS) is 20.3. The minimum Gasteiger partial charge on any atom is -0.497 e. The van der Waals surface area contributed by atoms with Crippen LogP contribution in [0.25, 0.3) is 0 Å². The number of aryl methyl sites for hydroxylation is 1. The summed E-state index contributed by atoms with van der Waals surface area (Å²) in [4.78, 5) is 27.4. The predicted molar refractivity (Wildman–Crippen MR) is 117 cm³/mol. The molecule has 4 rings (SSSR count). The Kier molecular flexibility index (Phi) is 6.03. The first-order valence-corrected chi connectivity index (χ1v) is 10.6. The second kappa shape index (κ2) is 8.88. The van der Waals surface area contributed by atoms with Crippen molar-refractivity contribution in [2.45, 2.75) is 32.7 Å². The summed E-state index contributed by atoms with van der Waals surface area (Å²) in [5.74, 6) is 0.455. The number of hydrogen-bond donors (Lipinski definition) is 0. The van der Waals surface area contributed by atoms with Crippen LogP contribution in [0.4, 0.5) is 4.39 Å². The van der Waals surface area contributed by atoms with Crippen molar-refractivity contribution in [1.29, 1.82) is 0 Å². The van der Waals surface area contributed by atoms with E-state index in [0.717, 1.165) is 35.3 Å². The Morgan fingerprint density at radius 3 is 2.68 bits per heavy atom. The highest BCUT2D eigenvalue weighted by atomic mass is 19.1. The predicted octanol–water partition coefficient (Wildman–Crippen LogP) is 5.09. The molecule has 2 atom stereocenters. The van der Waals surface area contributed by atoms with E-state index in [9.17, 15) is 14.0 Å². The quantitative estimate of drug-likeness (QED) is 0.655. The number of benzene rings is 2. The van der Waals surface area contributed by atoms with E-state index < -0.39 is 0 Å². The van der Waals surface area contributed by atoms with Gasteiger partial charge in [-0.2, -0.15) is 0 Å². The molecule has 4 nitrogen and oxygen atoms in total. The summed E-state index contributed by atoms with van der Waals surface area (Å²) in [6, 6.07) is 12.0. The van der Waals surface area contributed by atoms with Crippen molar-refractivity contribution >= 4 is 11.6 Å². The fourth-order valence-corrected chi connectivity index (χ4v) is 4.45. The Balaban J connectivity index is 1.48. The Bertz CT molecular complexity index is 1050. The van der Waals surface area contributed by atoms with Crippen molar-refractivity contribution in [2.75, 3.05) is 7.11 Å². The van der Waals surface area contributed by atoms with Crippen LogP contribution in [0, 0.1) is 17.7 Å². The zero-order valence-electron chi connectivity index (χ0n) is 17.8. The van der Waals surface area contributed by atoms with Gasteiger partial charge in [-0.25, -0.2) is 4.39 Å². The molecule has 2 unspecified atom stereocenters. The van der Waals surface area contributed by atoms with Gasteiger partial charge in [0.2, 0.25) is 0 Å². The van der Waals surface area contributed by atoms with Crippen LogP contribution in [0.5, 0.6) is 5.75 Å². The molecule has 2 aliphatic rings. The van der Waals surface area contributed by atoms with Crippen LogP contribution >= 0.6 is 0 Å². The average Bonchev–Trinajstić information content (AvgIpc) is 2.77. The number of halogens is 1. The van der Waals surface area contributed by atoms with Gasteiger partial charge >= 0.3 is 0 Å². The van der Waals surface area contributed by atoms with Crippen molar-refractivity contribution < 1.29 is 18.7 Å². The van der Waals surface area contributed by atoms with Gasteiger partial charge in [-0.3, -0.25) is 9.59 Å². The molecule has 31 heavy (non-hydrogen) atoms. The number of hydrogen-bond acceptors (Lipinski definition) is 4. The molecule has 1 aliphatic heterocycles. The van der Waals surface area contributed by atoms with E-state index in [-0.39, 0.29) is 29.2 Å². The standard InChI is InChI=1S/C26H26FNO3/c1-17(29)25-16-28(15-18-3-7-22(27)8-4-18)12-11-20(25)13-21-6-5-19-14-23(31-2)9-10-24(19)26(21)30/h3-4,7-12,14,16,20-21H,5-6,13,15H2,1-2H3. The highest BCUT2D eigenvalue weighted by Crippen LogP contribution is 2.35. The SMILES string of the molecule is COc1ccc2c(c1)CCC(CC1C=CN(Cc3ccc(F)cc3)C=C1C(C)=O)C2=O. The summed E-state index contributed by atoms with van der Waals surface area (Å²) in [5.41, 5.74) is 3.46. The minimum absolute atomic E-state index is 0.00634. The molecule has 2 aromatic rings. The van der Waals surface area contributed by atoms with Crippen molar-refractivity contribution in [3.8, 4) is 5.75 Å². The zero-order chi connectivity index (χ0) is 22.0. The van der Waals surface area contributed by atoms with E-state index in [0.29, 0.717) is 18.5 Å². The molecular weight excluding hydrogens is 393 g/mol. The van der Waals surface area contributed by atoms with Gasteiger partial charge < -0.3 is 9.64 Å². The molecule has 0 fully saturated rings. The molecule has 160 valence electrons. The van der Waals surface area contributed by atoms with Crippen LogP contribution in [-0.2, 0) is 17.8 Å². The van der Waals surface area contributed by atoms with E-state index in [1.165, 1.54) is 12.1 Å².